The van der Waals surface area contributed by atoms with E-state index in [0.717, 1.165) is 31.4 Å². The van der Waals surface area contributed by atoms with Gasteiger partial charge in [0.2, 0.25) is 5.91 Å². The first-order valence-corrected chi connectivity index (χ1v) is 10.8. The minimum Gasteiger partial charge on any atom is -0.311 e. The largest absolute Gasteiger partial charge is 0.311 e. The standard InChI is InChI=1S/C21H22ClN3O2S/c1-2-11-25(21-23-16-6-3-4-7-18(16)28-21)20(27)14-9-10-15(22)17(13-14)24-12-5-8-19(24)26/h2,9-10,13H,1,3-8,11-12H2. The molecule has 5 nitrogen and oxygen atoms in total. The number of hydrogen-bond donors (Lipinski definition) is 0. The molecule has 0 spiro atoms. The van der Waals surface area contributed by atoms with Gasteiger partial charge in [0.05, 0.1) is 16.4 Å². The quantitative estimate of drug-likeness (QED) is 0.668. The van der Waals surface area contributed by atoms with Gasteiger partial charge in [-0.25, -0.2) is 4.98 Å². The topological polar surface area (TPSA) is 53.5 Å². The number of thiazole rings is 1. The Morgan fingerprint density at radius 3 is 2.82 bits per heavy atom. The highest BCUT2D eigenvalue weighted by atomic mass is 35.5. The van der Waals surface area contributed by atoms with Crippen LogP contribution in [0, 0.1) is 0 Å². The molecule has 2 heterocycles. The van der Waals surface area contributed by atoms with Crippen molar-refractivity contribution in [1.82, 2.24) is 4.98 Å². The van der Waals surface area contributed by atoms with E-state index in [1.54, 1.807) is 45.4 Å². The predicted octanol–water partition coefficient (Wildman–Crippen LogP) is 4.63. The molecule has 1 aliphatic carbocycles. The number of carbonyl (C=O) groups excluding carboxylic acids is 2. The normalized spacial score (nSPS) is 16.2. The highest BCUT2D eigenvalue weighted by Gasteiger charge is 2.27. The van der Waals surface area contributed by atoms with Gasteiger partial charge in [0.1, 0.15) is 0 Å². The Hall–Kier alpha value is -2.18. The van der Waals surface area contributed by atoms with Crippen LogP contribution in [0.15, 0.2) is 30.9 Å². The summed E-state index contributed by atoms with van der Waals surface area (Å²) in [6.45, 7) is 4.81. The second-order valence-electron chi connectivity index (χ2n) is 7.09. The summed E-state index contributed by atoms with van der Waals surface area (Å²) in [5, 5.41) is 1.19. The van der Waals surface area contributed by atoms with Crippen LogP contribution in [0.3, 0.4) is 0 Å². The third-order valence-electron chi connectivity index (χ3n) is 5.18. The SMILES string of the molecule is C=CCN(C(=O)c1ccc(Cl)c(N2CCCC2=O)c1)c1nc2c(s1)CCCC2. The first kappa shape index (κ1) is 19.2. The summed E-state index contributed by atoms with van der Waals surface area (Å²) in [4.78, 5) is 34.8. The van der Waals surface area contributed by atoms with E-state index in [2.05, 4.69) is 6.58 Å². The van der Waals surface area contributed by atoms with Crippen LogP contribution in [0.1, 0.15) is 46.6 Å². The van der Waals surface area contributed by atoms with Crippen LogP contribution < -0.4 is 9.80 Å². The smallest absolute Gasteiger partial charge is 0.260 e. The van der Waals surface area contributed by atoms with Crippen LogP contribution >= 0.6 is 22.9 Å². The minimum absolute atomic E-state index is 0.0436. The molecule has 4 rings (SSSR count). The van der Waals surface area contributed by atoms with Crippen molar-refractivity contribution < 1.29 is 9.59 Å². The molecular weight excluding hydrogens is 394 g/mol. The van der Waals surface area contributed by atoms with E-state index in [4.69, 9.17) is 16.6 Å². The molecule has 0 radical (unpaired) electrons. The first-order valence-electron chi connectivity index (χ1n) is 9.59. The molecule has 1 aromatic carbocycles. The van der Waals surface area contributed by atoms with Gasteiger partial charge in [0.15, 0.2) is 5.13 Å². The Morgan fingerprint density at radius 1 is 1.29 bits per heavy atom. The summed E-state index contributed by atoms with van der Waals surface area (Å²) in [6.07, 6.45) is 7.36. The number of carbonyl (C=O) groups is 2. The number of amides is 2. The van der Waals surface area contributed by atoms with Crippen molar-refractivity contribution in [3.63, 3.8) is 0 Å². The average molecular weight is 416 g/mol. The zero-order chi connectivity index (χ0) is 19.7. The number of nitrogens with zero attached hydrogens (tertiary/aromatic N) is 3. The van der Waals surface area contributed by atoms with E-state index in [0.29, 0.717) is 40.9 Å². The van der Waals surface area contributed by atoms with E-state index in [1.165, 1.54) is 11.3 Å². The molecule has 28 heavy (non-hydrogen) atoms. The molecule has 1 aromatic heterocycles. The lowest BCUT2D eigenvalue weighted by Gasteiger charge is -2.21. The third kappa shape index (κ3) is 3.59. The first-order chi connectivity index (χ1) is 13.6. The van der Waals surface area contributed by atoms with Crippen LogP contribution in [-0.4, -0.2) is 29.9 Å². The van der Waals surface area contributed by atoms with Crippen LogP contribution in [0.2, 0.25) is 5.02 Å². The lowest BCUT2D eigenvalue weighted by atomic mass is 10.0. The fourth-order valence-electron chi connectivity index (χ4n) is 3.74. The van der Waals surface area contributed by atoms with E-state index >= 15 is 0 Å². The highest BCUT2D eigenvalue weighted by Crippen LogP contribution is 2.34. The lowest BCUT2D eigenvalue weighted by Crippen LogP contribution is -2.31. The van der Waals surface area contributed by atoms with Gasteiger partial charge >= 0.3 is 0 Å². The molecule has 0 N–H and O–H groups in total. The molecule has 2 amide bonds. The van der Waals surface area contributed by atoms with Crippen molar-refractivity contribution in [3.05, 3.63) is 52.0 Å². The molecule has 0 atom stereocenters. The second-order valence-corrected chi connectivity index (χ2v) is 8.56. The monoisotopic (exact) mass is 415 g/mol. The second kappa shape index (κ2) is 8.05. The van der Waals surface area contributed by atoms with Crippen LogP contribution in [0.25, 0.3) is 0 Å². The Labute approximate surface area is 173 Å². The molecule has 2 aliphatic rings. The molecule has 1 fully saturated rings. The van der Waals surface area contributed by atoms with Crippen LogP contribution in [0.5, 0.6) is 0 Å². The van der Waals surface area contributed by atoms with Crippen LogP contribution in [-0.2, 0) is 17.6 Å². The Morgan fingerprint density at radius 2 is 2.11 bits per heavy atom. The molecule has 1 aliphatic heterocycles. The van der Waals surface area contributed by atoms with Gasteiger partial charge in [-0.3, -0.25) is 14.5 Å². The number of rotatable bonds is 5. The number of hydrogen-bond acceptors (Lipinski definition) is 4. The van der Waals surface area contributed by atoms with E-state index in [9.17, 15) is 9.59 Å². The van der Waals surface area contributed by atoms with Crippen molar-refractivity contribution in [2.24, 2.45) is 0 Å². The number of aromatic nitrogens is 1. The zero-order valence-electron chi connectivity index (χ0n) is 15.6. The molecule has 0 unspecified atom stereocenters. The van der Waals surface area contributed by atoms with Crippen molar-refractivity contribution >= 4 is 45.6 Å². The van der Waals surface area contributed by atoms with E-state index in [-0.39, 0.29) is 11.8 Å². The van der Waals surface area contributed by atoms with Crippen molar-refractivity contribution in [2.75, 3.05) is 22.9 Å². The summed E-state index contributed by atoms with van der Waals surface area (Å²) in [6, 6.07) is 5.12. The Kier molecular flexibility index (Phi) is 5.51. The van der Waals surface area contributed by atoms with Crippen LogP contribution in [0.4, 0.5) is 10.8 Å². The zero-order valence-corrected chi connectivity index (χ0v) is 17.2. The molecule has 2 aromatic rings. The fourth-order valence-corrected chi connectivity index (χ4v) is 5.12. The van der Waals surface area contributed by atoms with Crippen molar-refractivity contribution in [1.29, 1.82) is 0 Å². The molecule has 0 bridgehead atoms. The minimum atomic E-state index is -0.157. The van der Waals surface area contributed by atoms with Gasteiger partial charge < -0.3 is 4.90 Å². The third-order valence-corrected chi connectivity index (χ3v) is 6.68. The number of benzene rings is 1. The Bertz CT molecular complexity index is 916. The molecule has 7 heteroatoms. The molecule has 146 valence electrons. The lowest BCUT2D eigenvalue weighted by molar-refractivity contribution is -0.117. The number of aryl methyl sites for hydroxylation is 2. The van der Waals surface area contributed by atoms with Gasteiger partial charge in [0.25, 0.3) is 5.91 Å². The molecule has 0 saturated carbocycles. The summed E-state index contributed by atoms with van der Waals surface area (Å²) in [5.41, 5.74) is 2.22. The summed E-state index contributed by atoms with van der Waals surface area (Å²) in [7, 11) is 0. The average Bonchev–Trinajstić information content (AvgIpc) is 3.32. The number of fused-ring (bicyclic) bond motifs is 1. The Balaban J connectivity index is 1.66. The summed E-state index contributed by atoms with van der Waals surface area (Å²) >= 11 is 7.92. The summed E-state index contributed by atoms with van der Waals surface area (Å²) < 4.78 is 0. The maximum Gasteiger partial charge on any atom is 0.260 e. The van der Waals surface area contributed by atoms with Crippen molar-refractivity contribution in [3.8, 4) is 0 Å². The highest BCUT2D eigenvalue weighted by molar-refractivity contribution is 7.16. The molecule has 1 saturated heterocycles. The maximum absolute atomic E-state index is 13.3. The molecular formula is C21H22ClN3O2S. The fraction of sp³-hybridized carbons (Fsp3) is 0.381. The maximum atomic E-state index is 13.3. The van der Waals surface area contributed by atoms with E-state index < -0.39 is 0 Å². The van der Waals surface area contributed by atoms with E-state index in [1.807, 2.05) is 0 Å². The number of halogens is 1. The van der Waals surface area contributed by atoms with Gasteiger partial charge in [-0.05, 0) is 50.3 Å². The van der Waals surface area contributed by atoms with Gasteiger partial charge in [-0.15, -0.1) is 17.9 Å². The van der Waals surface area contributed by atoms with Crippen molar-refractivity contribution in [2.45, 2.75) is 38.5 Å². The number of anilines is 2. The summed E-state index contributed by atoms with van der Waals surface area (Å²) in [5.74, 6) is -0.113. The predicted molar refractivity (Wildman–Crippen MR) is 114 cm³/mol. The van der Waals surface area contributed by atoms with Gasteiger partial charge in [-0.2, -0.15) is 0 Å². The van der Waals surface area contributed by atoms with Gasteiger partial charge in [-0.1, -0.05) is 17.7 Å². The van der Waals surface area contributed by atoms with Gasteiger partial charge in [0, 0.05) is 30.0 Å².